The normalized spacial score (nSPS) is 24.1. The predicted molar refractivity (Wildman–Crippen MR) is 56.8 cm³/mol. The smallest absolute Gasteiger partial charge is 0.124 e. The number of fused-ring (bicyclic) bond motifs is 1. The van der Waals surface area contributed by atoms with Crippen LogP contribution in [-0.4, -0.2) is 19.3 Å². The van der Waals surface area contributed by atoms with Gasteiger partial charge in [-0.3, -0.25) is 0 Å². The van der Waals surface area contributed by atoms with Crippen LogP contribution in [0.25, 0.3) is 0 Å². The number of ether oxygens (including phenoxy) is 2. The summed E-state index contributed by atoms with van der Waals surface area (Å²) in [6.07, 6.45) is 1.26. The van der Waals surface area contributed by atoms with Crippen LogP contribution in [0.2, 0.25) is 0 Å². The van der Waals surface area contributed by atoms with E-state index in [1.807, 2.05) is 0 Å². The second-order valence-electron chi connectivity index (χ2n) is 4.14. The van der Waals surface area contributed by atoms with Gasteiger partial charge >= 0.3 is 0 Å². The summed E-state index contributed by atoms with van der Waals surface area (Å²) >= 11 is 0. The van der Waals surface area contributed by atoms with E-state index in [0.29, 0.717) is 0 Å². The van der Waals surface area contributed by atoms with Gasteiger partial charge in [0.05, 0.1) is 13.2 Å². The fourth-order valence-electron chi connectivity index (χ4n) is 2.14. The van der Waals surface area contributed by atoms with E-state index in [9.17, 15) is 0 Å². The Morgan fingerprint density at radius 1 is 1.27 bits per heavy atom. The van der Waals surface area contributed by atoms with Crippen molar-refractivity contribution in [2.24, 2.45) is 0 Å². The molecule has 0 amide bonds. The highest BCUT2D eigenvalue weighted by Crippen LogP contribution is 2.23. The second kappa shape index (κ2) is 3.83. The van der Waals surface area contributed by atoms with Crippen molar-refractivity contribution in [2.75, 3.05) is 13.2 Å². The average Bonchev–Trinajstić information content (AvgIpc) is 2.87. The minimum Gasteiger partial charge on any atom is -0.488 e. The summed E-state index contributed by atoms with van der Waals surface area (Å²) in [6, 6.07) is 6.36. The van der Waals surface area contributed by atoms with Gasteiger partial charge in [0.1, 0.15) is 11.9 Å². The summed E-state index contributed by atoms with van der Waals surface area (Å²) in [6.45, 7) is 3.52. The van der Waals surface area contributed by atoms with Crippen molar-refractivity contribution >= 4 is 0 Å². The van der Waals surface area contributed by atoms with Gasteiger partial charge in [-0.05, 0) is 23.3 Å². The molecule has 2 aliphatic rings. The minimum atomic E-state index is 0.248. The van der Waals surface area contributed by atoms with E-state index in [1.165, 1.54) is 11.1 Å². The Balaban J connectivity index is 1.75. The Morgan fingerprint density at radius 3 is 3.07 bits per heavy atom. The summed E-state index contributed by atoms with van der Waals surface area (Å²) in [7, 11) is 0. The van der Waals surface area contributed by atoms with Gasteiger partial charge in [-0.1, -0.05) is 6.07 Å². The van der Waals surface area contributed by atoms with Gasteiger partial charge in [0.15, 0.2) is 0 Å². The first-order chi connectivity index (χ1) is 7.42. The van der Waals surface area contributed by atoms with Gasteiger partial charge in [0.2, 0.25) is 0 Å². The number of nitrogens with one attached hydrogen (secondary N) is 1. The standard InChI is InChI=1S/C12H15NO2/c1-2-11(15-12-3-4-14-8-12)5-10-7-13-6-9(1)10/h1-2,5,12-13H,3-4,6-8H2. The van der Waals surface area contributed by atoms with E-state index in [2.05, 4.69) is 23.5 Å². The van der Waals surface area contributed by atoms with Crippen molar-refractivity contribution in [3.8, 4) is 5.75 Å². The molecule has 1 N–H and O–H groups in total. The molecule has 1 saturated heterocycles. The van der Waals surface area contributed by atoms with Crippen LogP contribution in [0.3, 0.4) is 0 Å². The van der Waals surface area contributed by atoms with Crippen LogP contribution in [0.15, 0.2) is 18.2 Å². The average molecular weight is 205 g/mol. The maximum Gasteiger partial charge on any atom is 0.124 e. The zero-order valence-corrected chi connectivity index (χ0v) is 8.66. The van der Waals surface area contributed by atoms with Gasteiger partial charge in [0, 0.05) is 19.5 Å². The Hall–Kier alpha value is -1.06. The maximum absolute atomic E-state index is 5.85. The van der Waals surface area contributed by atoms with E-state index in [0.717, 1.165) is 38.5 Å². The molecule has 0 bridgehead atoms. The Morgan fingerprint density at radius 2 is 2.20 bits per heavy atom. The molecule has 2 aliphatic heterocycles. The molecule has 0 aliphatic carbocycles. The van der Waals surface area contributed by atoms with Gasteiger partial charge in [-0.2, -0.15) is 0 Å². The third-order valence-corrected chi connectivity index (χ3v) is 3.00. The first kappa shape index (κ1) is 9.19. The highest BCUT2D eigenvalue weighted by atomic mass is 16.5. The van der Waals surface area contributed by atoms with E-state index in [-0.39, 0.29) is 6.10 Å². The Bertz CT molecular complexity index is 359. The quantitative estimate of drug-likeness (QED) is 0.792. The van der Waals surface area contributed by atoms with Crippen LogP contribution in [0, 0.1) is 0 Å². The van der Waals surface area contributed by atoms with Crippen molar-refractivity contribution in [3.05, 3.63) is 29.3 Å². The Labute approximate surface area is 89.4 Å². The molecule has 0 aromatic heterocycles. The first-order valence-electron chi connectivity index (χ1n) is 5.49. The second-order valence-corrected chi connectivity index (χ2v) is 4.14. The molecule has 15 heavy (non-hydrogen) atoms. The van der Waals surface area contributed by atoms with E-state index in [4.69, 9.17) is 9.47 Å². The number of benzene rings is 1. The van der Waals surface area contributed by atoms with E-state index >= 15 is 0 Å². The fraction of sp³-hybridized carbons (Fsp3) is 0.500. The zero-order chi connectivity index (χ0) is 10.1. The molecule has 3 nitrogen and oxygen atoms in total. The summed E-state index contributed by atoms with van der Waals surface area (Å²) in [5, 5.41) is 3.33. The molecule has 1 unspecified atom stereocenters. The van der Waals surface area contributed by atoms with Gasteiger partial charge in [-0.15, -0.1) is 0 Å². The molecule has 3 heteroatoms. The van der Waals surface area contributed by atoms with Crippen LogP contribution in [0.1, 0.15) is 17.5 Å². The van der Waals surface area contributed by atoms with Crippen molar-refractivity contribution in [1.82, 2.24) is 5.32 Å². The van der Waals surface area contributed by atoms with Crippen LogP contribution in [0.5, 0.6) is 5.75 Å². The fourth-order valence-corrected chi connectivity index (χ4v) is 2.14. The van der Waals surface area contributed by atoms with Crippen LogP contribution in [0.4, 0.5) is 0 Å². The summed E-state index contributed by atoms with van der Waals surface area (Å²) in [5.41, 5.74) is 2.76. The number of hydrogen-bond acceptors (Lipinski definition) is 3. The molecule has 1 aromatic rings. The third-order valence-electron chi connectivity index (χ3n) is 3.00. The molecule has 1 atom stereocenters. The third kappa shape index (κ3) is 1.85. The lowest BCUT2D eigenvalue weighted by Gasteiger charge is -2.12. The summed E-state index contributed by atoms with van der Waals surface area (Å²) in [4.78, 5) is 0. The van der Waals surface area contributed by atoms with Crippen molar-refractivity contribution in [2.45, 2.75) is 25.6 Å². The lowest BCUT2D eigenvalue weighted by molar-refractivity contribution is 0.141. The van der Waals surface area contributed by atoms with Gasteiger partial charge in [0.25, 0.3) is 0 Å². The number of rotatable bonds is 2. The molecule has 0 spiro atoms. The predicted octanol–water partition coefficient (Wildman–Crippen LogP) is 1.46. The molecular weight excluding hydrogens is 190 g/mol. The lowest BCUT2D eigenvalue weighted by atomic mass is 10.1. The SMILES string of the molecule is c1cc2c(cc1OC1CCOC1)CNC2. The Kier molecular flexibility index (Phi) is 2.35. The molecule has 80 valence electrons. The van der Waals surface area contributed by atoms with E-state index < -0.39 is 0 Å². The molecule has 2 heterocycles. The van der Waals surface area contributed by atoms with Crippen molar-refractivity contribution < 1.29 is 9.47 Å². The van der Waals surface area contributed by atoms with Crippen LogP contribution < -0.4 is 10.1 Å². The van der Waals surface area contributed by atoms with Gasteiger partial charge in [-0.25, -0.2) is 0 Å². The molecular formula is C12H15NO2. The van der Waals surface area contributed by atoms with Crippen molar-refractivity contribution in [1.29, 1.82) is 0 Å². The zero-order valence-electron chi connectivity index (χ0n) is 8.66. The molecule has 0 radical (unpaired) electrons. The molecule has 1 aromatic carbocycles. The topological polar surface area (TPSA) is 30.5 Å². The lowest BCUT2D eigenvalue weighted by Crippen LogP contribution is -2.15. The highest BCUT2D eigenvalue weighted by molar-refractivity contribution is 5.37. The van der Waals surface area contributed by atoms with E-state index in [1.54, 1.807) is 0 Å². The van der Waals surface area contributed by atoms with Crippen LogP contribution >= 0.6 is 0 Å². The maximum atomic E-state index is 5.85. The van der Waals surface area contributed by atoms with Crippen molar-refractivity contribution in [3.63, 3.8) is 0 Å². The summed E-state index contributed by atoms with van der Waals surface area (Å²) < 4.78 is 11.1. The monoisotopic (exact) mass is 205 g/mol. The largest absolute Gasteiger partial charge is 0.488 e. The van der Waals surface area contributed by atoms with Gasteiger partial charge < -0.3 is 14.8 Å². The molecule has 1 fully saturated rings. The summed E-state index contributed by atoms with van der Waals surface area (Å²) in [5.74, 6) is 0.980. The van der Waals surface area contributed by atoms with Crippen LogP contribution in [-0.2, 0) is 17.8 Å². The minimum absolute atomic E-state index is 0.248. The molecule has 3 rings (SSSR count). The number of hydrogen-bond donors (Lipinski definition) is 1. The highest BCUT2D eigenvalue weighted by Gasteiger charge is 2.18. The molecule has 0 saturated carbocycles. The first-order valence-corrected chi connectivity index (χ1v) is 5.49.